The number of hydrogen-bond donors (Lipinski definition) is 1. The van der Waals surface area contributed by atoms with E-state index in [1.807, 2.05) is 20.9 Å². The molecule has 0 spiro atoms. The van der Waals surface area contributed by atoms with Gasteiger partial charge in [0.05, 0.1) is 6.54 Å². The van der Waals surface area contributed by atoms with Crippen LogP contribution in [0.5, 0.6) is 0 Å². The molecule has 1 unspecified atom stereocenters. The molecule has 1 heterocycles. The van der Waals surface area contributed by atoms with Crippen molar-refractivity contribution in [2.45, 2.75) is 38.8 Å². The number of hydrogen-bond acceptors (Lipinski definition) is 3. The first-order chi connectivity index (χ1) is 7.91. The van der Waals surface area contributed by atoms with E-state index in [-0.39, 0.29) is 23.9 Å². The molecular weight excluding hydrogens is 218 g/mol. The van der Waals surface area contributed by atoms with Crippen LogP contribution in [0, 0.1) is 0 Å². The van der Waals surface area contributed by atoms with E-state index >= 15 is 0 Å². The molecule has 1 saturated heterocycles. The fourth-order valence-corrected chi connectivity index (χ4v) is 1.82. The Morgan fingerprint density at radius 1 is 1.59 bits per heavy atom. The second-order valence-corrected chi connectivity index (χ2v) is 4.99. The highest BCUT2D eigenvalue weighted by Gasteiger charge is 2.23. The lowest BCUT2D eigenvalue weighted by Crippen LogP contribution is -2.49. The molecule has 1 aliphatic heterocycles. The molecule has 17 heavy (non-hydrogen) atoms. The van der Waals surface area contributed by atoms with Crippen molar-refractivity contribution < 1.29 is 9.59 Å². The Balaban J connectivity index is 2.32. The second-order valence-electron chi connectivity index (χ2n) is 4.99. The zero-order valence-corrected chi connectivity index (χ0v) is 11.2. The molecule has 1 N–H and O–H groups in total. The number of piperidine rings is 1. The number of carbonyl (C=O) groups excluding carboxylic acids is 2. The molecule has 0 aromatic heterocycles. The smallest absolute Gasteiger partial charge is 0.236 e. The predicted octanol–water partition coefficient (Wildman–Crippen LogP) is 0.0636. The maximum absolute atomic E-state index is 11.8. The highest BCUT2D eigenvalue weighted by atomic mass is 16.2. The van der Waals surface area contributed by atoms with Gasteiger partial charge in [-0.2, -0.15) is 0 Å². The summed E-state index contributed by atoms with van der Waals surface area (Å²) in [6, 6.07) is 0.460. The summed E-state index contributed by atoms with van der Waals surface area (Å²) in [5, 5.41) is 3.22. The first-order valence-corrected chi connectivity index (χ1v) is 6.14. The van der Waals surface area contributed by atoms with Gasteiger partial charge < -0.3 is 15.1 Å². The molecule has 1 atom stereocenters. The summed E-state index contributed by atoms with van der Waals surface area (Å²) >= 11 is 0. The molecule has 5 nitrogen and oxygen atoms in total. The van der Waals surface area contributed by atoms with Gasteiger partial charge in [0.15, 0.2) is 0 Å². The standard InChI is InChI=1S/C12H23N3O2/c1-9(2)15(4)12(17)7-13-10-5-6-11(16)14(3)8-10/h9-10,13H,5-8H2,1-4H3. The maximum Gasteiger partial charge on any atom is 0.236 e. The Labute approximate surface area is 103 Å². The molecule has 0 saturated carbocycles. The largest absolute Gasteiger partial charge is 0.344 e. The van der Waals surface area contributed by atoms with Gasteiger partial charge in [-0.3, -0.25) is 9.59 Å². The maximum atomic E-state index is 11.8. The van der Waals surface area contributed by atoms with E-state index in [0.29, 0.717) is 19.5 Å². The third kappa shape index (κ3) is 4.00. The van der Waals surface area contributed by atoms with Gasteiger partial charge in [-0.25, -0.2) is 0 Å². The van der Waals surface area contributed by atoms with Crippen molar-refractivity contribution in [1.29, 1.82) is 0 Å². The van der Waals surface area contributed by atoms with E-state index in [1.165, 1.54) is 0 Å². The summed E-state index contributed by atoms with van der Waals surface area (Å²) in [4.78, 5) is 26.5. The van der Waals surface area contributed by atoms with E-state index in [4.69, 9.17) is 0 Å². The summed E-state index contributed by atoms with van der Waals surface area (Å²) in [5.41, 5.74) is 0. The zero-order chi connectivity index (χ0) is 13.0. The lowest BCUT2D eigenvalue weighted by Gasteiger charge is -2.31. The zero-order valence-electron chi connectivity index (χ0n) is 11.2. The van der Waals surface area contributed by atoms with Crippen LogP contribution >= 0.6 is 0 Å². The first-order valence-electron chi connectivity index (χ1n) is 6.14. The van der Waals surface area contributed by atoms with Crippen LogP contribution in [0.15, 0.2) is 0 Å². The molecule has 0 bridgehead atoms. The lowest BCUT2D eigenvalue weighted by atomic mass is 10.1. The minimum atomic E-state index is 0.0968. The van der Waals surface area contributed by atoms with Crippen molar-refractivity contribution in [1.82, 2.24) is 15.1 Å². The van der Waals surface area contributed by atoms with Crippen LogP contribution in [0.2, 0.25) is 0 Å². The van der Waals surface area contributed by atoms with Crippen molar-refractivity contribution in [2.75, 3.05) is 27.2 Å². The van der Waals surface area contributed by atoms with Gasteiger partial charge in [0, 0.05) is 39.1 Å². The van der Waals surface area contributed by atoms with Crippen LogP contribution in [0.1, 0.15) is 26.7 Å². The monoisotopic (exact) mass is 241 g/mol. The van der Waals surface area contributed by atoms with Crippen LogP contribution in [0.4, 0.5) is 0 Å². The number of likely N-dealkylation sites (tertiary alicyclic amines) is 1. The third-order valence-corrected chi connectivity index (χ3v) is 3.34. The lowest BCUT2D eigenvalue weighted by molar-refractivity contribution is -0.132. The Morgan fingerprint density at radius 2 is 2.24 bits per heavy atom. The average molecular weight is 241 g/mol. The molecule has 0 aliphatic carbocycles. The summed E-state index contributed by atoms with van der Waals surface area (Å²) in [5.74, 6) is 0.285. The summed E-state index contributed by atoms with van der Waals surface area (Å²) < 4.78 is 0. The van der Waals surface area contributed by atoms with Crippen LogP contribution < -0.4 is 5.32 Å². The van der Waals surface area contributed by atoms with Gasteiger partial charge in [0.2, 0.25) is 11.8 Å². The molecule has 98 valence electrons. The van der Waals surface area contributed by atoms with Crippen LogP contribution in [-0.2, 0) is 9.59 Å². The van der Waals surface area contributed by atoms with Crippen molar-refractivity contribution in [3.63, 3.8) is 0 Å². The quantitative estimate of drug-likeness (QED) is 0.757. The van der Waals surface area contributed by atoms with E-state index in [1.54, 1.807) is 16.8 Å². The van der Waals surface area contributed by atoms with Crippen molar-refractivity contribution in [3.8, 4) is 0 Å². The molecule has 1 rings (SSSR count). The minimum Gasteiger partial charge on any atom is -0.344 e. The van der Waals surface area contributed by atoms with Crippen molar-refractivity contribution in [3.05, 3.63) is 0 Å². The average Bonchev–Trinajstić information content (AvgIpc) is 2.29. The second kappa shape index (κ2) is 6.00. The van der Waals surface area contributed by atoms with Crippen LogP contribution in [-0.4, -0.2) is 60.9 Å². The number of amides is 2. The Morgan fingerprint density at radius 3 is 2.76 bits per heavy atom. The molecule has 2 amide bonds. The summed E-state index contributed by atoms with van der Waals surface area (Å²) in [6.45, 7) is 5.02. The summed E-state index contributed by atoms with van der Waals surface area (Å²) in [7, 11) is 3.61. The number of likely N-dealkylation sites (N-methyl/N-ethyl adjacent to an activating group) is 2. The van der Waals surface area contributed by atoms with Crippen molar-refractivity contribution >= 4 is 11.8 Å². The highest BCUT2D eigenvalue weighted by Crippen LogP contribution is 2.09. The Bertz CT molecular complexity index is 291. The normalized spacial score (nSPS) is 20.9. The highest BCUT2D eigenvalue weighted by molar-refractivity contribution is 5.78. The van der Waals surface area contributed by atoms with E-state index in [0.717, 1.165) is 6.42 Å². The van der Waals surface area contributed by atoms with Crippen LogP contribution in [0.25, 0.3) is 0 Å². The molecule has 1 fully saturated rings. The van der Waals surface area contributed by atoms with Gasteiger partial charge in [-0.05, 0) is 20.3 Å². The number of nitrogens with zero attached hydrogens (tertiary/aromatic N) is 2. The van der Waals surface area contributed by atoms with Gasteiger partial charge >= 0.3 is 0 Å². The molecule has 0 aromatic rings. The fourth-order valence-electron chi connectivity index (χ4n) is 1.82. The first kappa shape index (κ1) is 14.0. The van der Waals surface area contributed by atoms with Gasteiger partial charge in [-0.1, -0.05) is 0 Å². The van der Waals surface area contributed by atoms with Gasteiger partial charge in [0.25, 0.3) is 0 Å². The Hall–Kier alpha value is -1.10. The SMILES string of the molecule is CC(C)N(C)C(=O)CNC1CCC(=O)N(C)C1. The molecule has 1 aliphatic rings. The fraction of sp³-hybridized carbons (Fsp3) is 0.833. The molecule has 0 radical (unpaired) electrons. The van der Waals surface area contributed by atoms with Crippen LogP contribution in [0.3, 0.4) is 0 Å². The number of rotatable bonds is 4. The number of nitrogens with one attached hydrogen (secondary N) is 1. The van der Waals surface area contributed by atoms with E-state index in [9.17, 15) is 9.59 Å². The van der Waals surface area contributed by atoms with Gasteiger partial charge in [-0.15, -0.1) is 0 Å². The summed E-state index contributed by atoms with van der Waals surface area (Å²) in [6.07, 6.45) is 1.39. The molecular formula is C12H23N3O2. The topological polar surface area (TPSA) is 52.7 Å². The number of carbonyl (C=O) groups is 2. The minimum absolute atomic E-state index is 0.0968. The molecule has 0 aromatic carbocycles. The van der Waals surface area contributed by atoms with Gasteiger partial charge in [0.1, 0.15) is 0 Å². The Kier molecular flexibility index (Phi) is 4.93. The van der Waals surface area contributed by atoms with E-state index < -0.39 is 0 Å². The predicted molar refractivity (Wildman–Crippen MR) is 66.6 cm³/mol. The van der Waals surface area contributed by atoms with Crippen molar-refractivity contribution in [2.24, 2.45) is 0 Å². The molecule has 5 heteroatoms. The van der Waals surface area contributed by atoms with E-state index in [2.05, 4.69) is 5.32 Å². The third-order valence-electron chi connectivity index (χ3n) is 3.34.